The molecule has 0 bridgehead atoms. The Morgan fingerprint density at radius 1 is 0.957 bits per heavy atom. The van der Waals surface area contributed by atoms with E-state index in [-0.39, 0.29) is 6.61 Å². The molecule has 0 atom stereocenters. The fourth-order valence-electron chi connectivity index (χ4n) is 1.80. The van der Waals surface area contributed by atoms with Crippen molar-refractivity contribution < 1.29 is 24.2 Å². The van der Waals surface area contributed by atoms with Gasteiger partial charge in [0.1, 0.15) is 25.6 Å². The second kappa shape index (κ2) is 8.55. The molecule has 6 nitrogen and oxygen atoms in total. The zero-order valence-corrected chi connectivity index (χ0v) is 12.4. The summed E-state index contributed by atoms with van der Waals surface area (Å²) in [5.41, 5.74) is 1.65. The summed E-state index contributed by atoms with van der Waals surface area (Å²) < 4.78 is 10.3. The van der Waals surface area contributed by atoms with Gasteiger partial charge in [-0.3, -0.25) is 4.79 Å². The van der Waals surface area contributed by atoms with Crippen LogP contribution >= 0.6 is 0 Å². The summed E-state index contributed by atoms with van der Waals surface area (Å²) in [6.45, 7) is -0.339. The smallest absolute Gasteiger partial charge is 0.329 e. The van der Waals surface area contributed by atoms with Gasteiger partial charge in [0.15, 0.2) is 0 Å². The maximum Gasteiger partial charge on any atom is 0.329 e. The predicted molar refractivity (Wildman–Crippen MR) is 84.3 cm³/mol. The van der Waals surface area contributed by atoms with E-state index in [1.807, 2.05) is 30.3 Å². The van der Waals surface area contributed by atoms with Gasteiger partial charge >= 0.3 is 5.97 Å². The third-order valence-corrected chi connectivity index (χ3v) is 2.85. The standard InChI is InChI=1S/C17H17NO5/c19-16(11-22-12-17(20)21)18-14-6-8-15(9-7-14)23-10-13-4-2-1-3-5-13/h1-9H,10-12H2,(H,18,19)(H,20,21). The zero-order chi connectivity index (χ0) is 16.5. The largest absolute Gasteiger partial charge is 0.489 e. The van der Waals surface area contributed by atoms with Crippen LogP contribution in [0, 0.1) is 0 Å². The number of carboxylic acids is 1. The van der Waals surface area contributed by atoms with Gasteiger partial charge in [0.25, 0.3) is 0 Å². The first-order chi connectivity index (χ1) is 11.1. The van der Waals surface area contributed by atoms with Gasteiger partial charge in [-0.25, -0.2) is 4.79 Å². The minimum Gasteiger partial charge on any atom is -0.489 e. The first-order valence-corrected chi connectivity index (χ1v) is 6.99. The van der Waals surface area contributed by atoms with Gasteiger partial charge in [-0.15, -0.1) is 0 Å². The average molecular weight is 315 g/mol. The van der Waals surface area contributed by atoms with Crippen LogP contribution in [0.2, 0.25) is 0 Å². The van der Waals surface area contributed by atoms with Crippen LogP contribution in [0.15, 0.2) is 54.6 Å². The van der Waals surface area contributed by atoms with Gasteiger partial charge in [0.05, 0.1) is 0 Å². The molecule has 0 saturated heterocycles. The molecule has 6 heteroatoms. The topological polar surface area (TPSA) is 84.9 Å². The quantitative estimate of drug-likeness (QED) is 0.781. The highest BCUT2D eigenvalue weighted by Gasteiger charge is 2.05. The summed E-state index contributed by atoms with van der Waals surface area (Å²) in [5.74, 6) is -0.837. The Labute approximate surface area is 133 Å². The maximum absolute atomic E-state index is 11.5. The van der Waals surface area contributed by atoms with Crippen molar-refractivity contribution in [2.45, 2.75) is 6.61 Å². The molecule has 0 aliphatic rings. The number of carbonyl (C=O) groups is 2. The Balaban J connectivity index is 1.77. The molecule has 0 heterocycles. The number of rotatable bonds is 8. The number of hydrogen-bond donors (Lipinski definition) is 2. The minimum atomic E-state index is -1.11. The molecule has 0 aliphatic carbocycles. The molecule has 0 aromatic heterocycles. The molecule has 0 aliphatic heterocycles. The SMILES string of the molecule is O=C(O)COCC(=O)Nc1ccc(OCc2ccccc2)cc1. The first kappa shape index (κ1) is 16.5. The van der Waals surface area contributed by atoms with Crippen LogP contribution in [0.3, 0.4) is 0 Å². The Morgan fingerprint density at radius 3 is 2.30 bits per heavy atom. The molecular formula is C17H17NO5. The van der Waals surface area contributed by atoms with Crippen LogP contribution < -0.4 is 10.1 Å². The zero-order valence-electron chi connectivity index (χ0n) is 12.4. The average Bonchev–Trinajstić information content (AvgIpc) is 2.55. The lowest BCUT2D eigenvalue weighted by atomic mass is 10.2. The number of carbonyl (C=O) groups excluding carboxylic acids is 1. The van der Waals surface area contributed by atoms with Crippen LogP contribution in [-0.2, 0) is 20.9 Å². The predicted octanol–water partition coefficient (Wildman–Crippen LogP) is 2.31. The van der Waals surface area contributed by atoms with Crippen LogP contribution in [0.5, 0.6) is 5.75 Å². The second-order valence-corrected chi connectivity index (χ2v) is 4.73. The number of aliphatic carboxylic acids is 1. The van der Waals surface area contributed by atoms with Gasteiger partial charge in [-0.1, -0.05) is 30.3 Å². The molecule has 0 spiro atoms. The van der Waals surface area contributed by atoms with Crippen molar-refractivity contribution in [2.75, 3.05) is 18.5 Å². The molecule has 0 radical (unpaired) electrons. The van der Waals surface area contributed by atoms with Crippen LogP contribution in [-0.4, -0.2) is 30.2 Å². The van der Waals surface area contributed by atoms with Crippen molar-refractivity contribution in [1.82, 2.24) is 0 Å². The van der Waals surface area contributed by atoms with Gasteiger partial charge in [-0.05, 0) is 29.8 Å². The summed E-state index contributed by atoms with van der Waals surface area (Å²) >= 11 is 0. The Morgan fingerprint density at radius 2 is 1.65 bits per heavy atom. The molecule has 0 unspecified atom stereocenters. The van der Waals surface area contributed by atoms with E-state index in [4.69, 9.17) is 14.6 Å². The number of ether oxygens (including phenoxy) is 2. The highest BCUT2D eigenvalue weighted by molar-refractivity contribution is 5.91. The Kier molecular flexibility index (Phi) is 6.14. The molecular weight excluding hydrogens is 298 g/mol. The monoisotopic (exact) mass is 315 g/mol. The summed E-state index contributed by atoms with van der Waals surface area (Å²) in [6, 6.07) is 16.7. The van der Waals surface area contributed by atoms with E-state index in [0.29, 0.717) is 18.0 Å². The number of nitrogens with one attached hydrogen (secondary N) is 1. The third-order valence-electron chi connectivity index (χ3n) is 2.85. The maximum atomic E-state index is 11.5. The lowest BCUT2D eigenvalue weighted by molar-refractivity contribution is -0.143. The van der Waals surface area contributed by atoms with Gasteiger partial charge in [-0.2, -0.15) is 0 Å². The van der Waals surface area contributed by atoms with E-state index >= 15 is 0 Å². The van der Waals surface area contributed by atoms with Crippen LogP contribution in [0.1, 0.15) is 5.56 Å². The lowest BCUT2D eigenvalue weighted by Gasteiger charge is -2.08. The van der Waals surface area contributed by atoms with Gasteiger partial charge in [0, 0.05) is 5.69 Å². The van der Waals surface area contributed by atoms with E-state index in [9.17, 15) is 9.59 Å². The molecule has 120 valence electrons. The van der Waals surface area contributed by atoms with Crippen LogP contribution in [0.25, 0.3) is 0 Å². The highest BCUT2D eigenvalue weighted by Crippen LogP contribution is 2.17. The minimum absolute atomic E-state index is 0.307. The molecule has 2 rings (SSSR count). The van der Waals surface area contributed by atoms with Gasteiger partial charge < -0.3 is 19.9 Å². The summed E-state index contributed by atoms with van der Waals surface area (Å²) in [5, 5.41) is 11.0. The first-order valence-electron chi connectivity index (χ1n) is 6.99. The van der Waals surface area contributed by atoms with Crippen molar-refractivity contribution in [2.24, 2.45) is 0 Å². The molecule has 2 aromatic rings. The van der Waals surface area contributed by atoms with Crippen molar-refractivity contribution in [3.05, 3.63) is 60.2 Å². The fourth-order valence-corrected chi connectivity index (χ4v) is 1.80. The molecule has 23 heavy (non-hydrogen) atoms. The van der Waals surface area contributed by atoms with Crippen LogP contribution in [0.4, 0.5) is 5.69 Å². The van der Waals surface area contributed by atoms with Crippen molar-refractivity contribution in [1.29, 1.82) is 0 Å². The lowest BCUT2D eigenvalue weighted by Crippen LogP contribution is -2.20. The summed E-state index contributed by atoms with van der Waals surface area (Å²) in [4.78, 5) is 21.8. The van der Waals surface area contributed by atoms with E-state index in [2.05, 4.69) is 5.32 Å². The van der Waals surface area contributed by atoms with E-state index in [1.165, 1.54) is 0 Å². The number of anilines is 1. The number of amides is 1. The molecule has 2 N–H and O–H groups in total. The van der Waals surface area contributed by atoms with E-state index in [1.54, 1.807) is 24.3 Å². The van der Waals surface area contributed by atoms with E-state index < -0.39 is 18.5 Å². The normalized spacial score (nSPS) is 10.1. The molecule has 0 saturated carbocycles. The Hall–Kier alpha value is -2.86. The van der Waals surface area contributed by atoms with Crippen molar-refractivity contribution >= 4 is 17.6 Å². The number of hydrogen-bond acceptors (Lipinski definition) is 4. The number of carboxylic acid groups (broad SMARTS) is 1. The molecule has 1 amide bonds. The summed E-state index contributed by atoms with van der Waals surface area (Å²) in [6.07, 6.45) is 0. The molecule has 0 fully saturated rings. The molecule has 2 aromatic carbocycles. The van der Waals surface area contributed by atoms with Gasteiger partial charge in [0.2, 0.25) is 5.91 Å². The van der Waals surface area contributed by atoms with Crippen molar-refractivity contribution in [3.63, 3.8) is 0 Å². The van der Waals surface area contributed by atoms with E-state index in [0.717, 1.165) is 5.56 Å². The third kappa shape index (κ3) is 6.19. The summed E-state index contributed by atoms with van der Waals surface area (Å²) in [7, 11) is 0. The second-order valence-electron chi connectivity index (χ2n) is 4.73. The fraction of sp³-hybridized carbons (Fsp3) is 0.176. The highest BCUT2D eigenvalue weighted by atomic mass is 16.5. The Bertz CT molecular complexity index is 640. The number of benzene rings is 2. The van der Waals surface area contributed by atoms with Crippen molar-refractivity contribution in [3.8, 4) is 5.75 Å².